The Hall–Kier alpha value is -2.05. The highest BCUT2D eigenvalue weighted by molar-refractivity contribution is 7.89. The second-order valence-electron chi connectivity index (χ2n) is 6.81. The molecule has 2 aromatic carbocycles. The quantitative estimate of drug-likeness (QED) is 0.805. The van der Waals surface area contributed by atoms with Crippen molar-refractivity contribution in [2.24, 2.45) is 0 Å². The molecule has 0 radical (unpaired) electrons. The summed E-state index contributed by atoms with van der Waals surface area (Å²) in [5.41, 5.74) is 2.46. The molecule has 0 spiro atoms. The van der Waals surface area contributed by atoms with Gasteiger partial charge < -0.3 is 9.64 Å². The van der Waals surface area contributed by atoms with Gasteiger partial charge in [0, 0.05) is 31.9 Å². The minimum absolute atomic E-state index is 0.313. The summed E-state index contributed by atoms with van der Waals surface area (Å²) in [6.45, 7) is 6.71. The Labute approximate surface area is 156 Å². The zero-order chi connectivity index (χ0) is 18.7. The number of benzene rings is 2. The summed E-state index contributed by atoms with van der Waals surface area (Å²) in [4.78, 5) is 2.55. The van der Waals surface area contributed by atoms with Crippen molar-refractivity contribution in [2.75, 3.05) is 38.2 Å². The fourth-order valence-electron chi connectivity index (χ4n) is 3.15. The van der Waals surface area contributed by atoms with Crippen LogP contribution in [0.2, 0.25) is 0 Å². The van der Waals surface area contributed by atoms with Crippen LogP contribution in [0.4, 0.5) is 5.69 Å². The fraction of sp³-hybridized carbons (Fsp3) is 0.400. The van der Waals surface area contributed by atoms with E-state index in [1.54, 1.807) is 35.7 Å². The fourth-order valence-corrected chi connectivity index (χ4v) is 4.58. The molecule has 1 aliphatic heterocycles. The lowest BCUT2D eigenvalue weighted by atomic mass is 10.0. The van der Waals surface area contributed by atoms with Gasteiger partial charge in [-0.1, -0.05) is 26.0 Å². The normalized spacial score (nSPS) is 16.1. The highest BCUT2D eigenvalue weighted by Gasteiger charge is 2.28. The van der Waals surface area contributed by atoms with Crippen LogP contribution in [0.5, 0.6) is 5.75 Å². The molecule has 1 saturated heterocycles. The predicted octanol–water partition coefficient (Wildman–Crippen LogP) is 3.33. The number of sulfonamides is 1. The van der Waals surface area contributed by atoms with Crippen LogP contribution >= 0.6 is 0 Å². The molecule has 1 fully saturated rings. The lowest BCUT2D eigenvalue weighted by Gasteiger charge is -2.35. The van der Waals surface area contributed by atoms with Crippen molar-refractivity contribution in [3.63, 3.8) is 0 Å². The molecule has 0 atom stereocenters. The third-order valence-corrected chi connectivity index (χ3v) is 6.77. The summed E-state index contributed by atoms with van der Waals surface area (Å²) >= 11 is 0. The van der Waals surface area contributed by atoms with Gasteiger partial charge >= 0.3 is 0 Å². The standard InChI is InChI=1S/C20H26N2O3S/c1-16(2)17-4-6-18(7-5-17)21-12-14-22(15-13-21)26(23,24)20-10-8-19(25-3)9-11-20/h4-11,16H,12-15H2,1-3H3. The van der Waals surface area contributed by atoms with E-state index in [2.05, 4.69) is 43.0 Å². The molecule has 2 aromatic rings. The zero-order valence-electron chi connectivity index (χ0n) is 15.6. The molecule has 1 aliphatic rings. The van der Waals surface area contributed by atoms with E-state index < -0.39 is 10.0 Å². The number of anilines is 1. The van der Waals surface area contributed by atoms with E-state index in [0.29, 0.717) is 42.7 Å². The van der Waals surface area contributed by atoms with Crippen molar-refractivity contribution in [3.05, 3.63) is 54.1 Å². The van der Waals surface area contributed by atoms with Gasteiger partial charge in [0.15, 0.2) is 0 Å². The van der Waals surface area contributed by atoms with Gasteiger partial charge in [-0.05, 0) is 47.9 Å². The topological polar surface area (TPSA) is 49.9 Å². The Morgan fingerprint density at radius 2 is 1.46 bits per heavy atom. The molecule has 0 saturated carbocycles. The summed E-state index contributed by atoms with van der Waals surface area (Å²) < 4.78 is 32.3. The van der Waals surface area contributed by atoms with Gasteiger partial charge in [0.1, 0.15) is 5.75 Å². The van der Waals surface area contributed by atoms with E-state index in [1.807, 2.05) is 0 Å². The molecule has 3 rings (SSSR count). The molecule has 6 heteroatoms. The number of nitrogens with zero attached hydrogens (tertiary/aromatic N) is 2. The van der Waals surface area contributed by atoms with Crippen molar-refractivity contribution in [1.29, 1.82) is 0 Å². The predicted molar refractivity (Wildman–Crippen MR) is 104 cm³/mol. The molecule has 5 nitrogen and oxygen atoms in total. The Morgan fingerprint density at radius 1 is 0.885 bits per heavy atom. The van der Waals surface area contributed by atoms with Crippen molar-refractivity contribution in [2.45, 2.75) is 24.7 Å². The summed E-state index contributed by atoms with van der Waals surface area (Å²) in [5.74, 6) is 1.16. The molecule has 0 amide bonds. The summed E-state index contributed by atoms with van der Waals surface area (Å²) in [6, 6.07) is 15.1. The highest BCUT2D eigenvalue weighted by Crippen LogP contribution is 2.24. The average molecular weight is 375 g/mol. The number of piperazine rings is 1. The molecular formula is C20H26N2O3S. The second kappa shape index (κ2) is 7.68. The van der Waals surface area contributed by atoms with Crippen molar-refractivity contribution in [3.8, 4) is 5.75 Å². The first-order chi connectivity index (χ1) is 12.4. The number of rotatable bonds is 5. The van der Waals surface area contributed by atoms with Crippen molar-refractivity contribution >= 4 is 15.7 Å². The van der Waals surface area contributed by atoms with Crippen molar-refractivity contribution in [1.82, 2.24) is 4.31 Å². The van der Waals surface area contributed by atoms with E-state index in [1.165, 1.54) is 5.56 Å². The van der Waals surface area contributed by atoms with Gasteiger partial charge in [-0.2, -0.15) is 4.31 Å². The van der Waals surface area contributed by atoms with E-state index in [0.717, 1.165) is 5.69 Å². The summed E-state index contributed by atoms with van der Waals surface area (Å²) in [7, 11) is -1.89. The lowest BCUT2D eigenvalue weighted by Crippen LogP contribution is -2.48. The first kappa shape index (κ1) is 18.7. The van der Waals surface area contributed by atoms with Crippen LogP contribution in [-0.2, 0) is 10.0 Å². The number of methoxy groups -OCH3 is 1. The Morgan fingerprint density at radius 3 is 1.96 bits per heavy atom. The smallest absolute Gasteiger partial charge is 0.243 e. The van der Waals surface area contributed by atoms with Gasteiger partial charge in [-0.15, -0.1) is 0 Å². The van der Waals surface area contributed by atoms with Crippen LogP contribution in [0, 0.1) is 0 Å². The van der Waals surface area contributed by atoms with Crippen LogP contribution < -0.4 is 9.64 Å². The van der Waals surface area contributed by atoms with Crippen LogP contribution in [-0.4, -0.2) is 46.0 Å². The third kappa shape index (κ3) is 3.86. The lowest BCUT2D eigenvalue weighted by molar-refractivity contribution is 0.384. The van der Waals surface area contributed by atoms with Crippen molar-refractivity contribution < 1.29 is 13.2 Å². The van der Waals surface area contributed by atoms with E-state index >= 15 is 0 Å². The summed E-state index contributed by atoms with van der Waals surface area (Å²) in [6.07, 6.45) is 0. The average Bonchev–Trinajstić information content (AvgIpc) is 2.68. The summed E-state index contributed by atoms with van der Waals surface area (Å²) in [5, 5.41) is 0. The maximum absolute atomic E-state index is 12.8. The Bertz CT molecular complexity index is 822. The minimum Gasteiger partial charge on any atom is -0.497 e. The van der Waals surface area contributed by atoms with Gasteiger partial charge in [0.05, 0.1) is 12.0 Å². The van der Waals surface area contributed by atoms with Crippen LogP contribution in [0.25, 0.3) is 0 Å². The number of hydrogen-bond donors (Lipinski definition) is 0. The van der Waals surface area contributed by atoms with E-state index in [9.17, 15) is 8.42 Å². The van der Waals surface area contributed by atoms with Gasteiger partial charge in [-0.3, -0.25) is 0 Å². The molecular weight excluding hydrogens is 348 g/mol. The van der Waals surface area contributed by atoms with E-state index in [4.69, 9.17) is 4.74 Å². The molecule has 0 aliphatic carbocycles. The molecule has 26 heavy (non-hydrogen) atoms. The largest absolute Gasteiger partial charge is 0.497 e. The Kier molecular flexibility index (Phi) is 5.53. The van der Waals surface area contributed by atoms with E-state index in [-0.39, 0.29) is 0 Å². The molecule has 1 heterocycles. The molecule has 0 aromatic heterocycles. The van der Waals surface area contributed by atoms with Crippen LogP contribution in [0.1, 0.15) is 25.3 Å². The van der Waals surface area contributed by atoms with Crippen LogP contribution in [0.3, 0.4) is 0 Å². The maximum atomic E-state index is 12.8. The number of ether oxygens (including phenoxy) is 1. The first-order valence-electron chi connectivity index (χ1n) is 8.91. The molecule has 0 unspecified atom stereocenters. The zero-order valence-corrected chi connectivity index (χ0v) is 16.4. The SMILES string of the molecule is COc1ccc(S(=O)(=O)N2CCN(c3ccc(C(C)C)cc3)CC2)cc1. The van der Waals surface area contributed by atoms with Gasteiger partial charge in [0.2, 0.25) is 10.0 Å². The van der Waals surface area contributed by atoms with Gasteiger partial charge in [-0.25, -0.2) is 8.42 Å². The molecule has 140 valence electrons. The monoisotopic (exact) mass is 374 g/mol. The Balaban J connectivity index is 1.67. The highest BCUT2D eigenvalue weighted by atomic mass is 32.2. The first-order valence-corrected chi connectivity index (χ1v) is 10.3. The maximum Gasteiger partial charge on any atom is 0.243 e. The van der Waals surface area contributed by atoms with Gasteiger partial charge in [0.25, 0.3) is 0 Å². The minimum atomic E-state index is -3.46. The number of hydrogen-bond acceptors (Lipinski definition) is 4. The molecule has 0 N–H and O–H groups in total. The van der Waals surface area contributed by atoms with Crippen LogP contribution in [0.15, 0.2) is 53.4 Å². The second-order valence-corrected chi connectivity index (χ2v) is 8.75. The molecule has 0 bridgehead atoms. The third-order valence-electron chi connectivity index (χ3n) is 4.86.